The zero-order chi connectivity index (χ0) is 12.4. The van der Waals surface area contributed by atoms with Crippen LogP contribution in [0.25, 0.3) is 0 Å². The number of benzene rings is 1. The Morgan fingerprint density at radius 2 is 2.18 bits per heavy atom. The minimum Gasteiger partial charge on any atom is -0.495 e. The van der Waals surface area contributed by atoms with Crippen molar-refractivity contribution < 1.29 is 19.0 Å². The SMILES string of the molecule is COc1c(Cl)cc2c(c1CC(C)=O)OCCO2. The van der Waals surface area contributed by atoms with Crippen molar-refractivity contribution >= 4 is 17.4 Å². The lowest BCUT2D eigenvalue weighted by molar-refractivity contribution is -0.116. The van der Waals surface area contributed by atoms with E-state index in [9.17, 15) is 4.79 Å². The molecule has 1 aliphatic heterocycles. The molecule has 0 aliphatic carbocycles. The van der Waals surface area contributed by atoms with Gasteiger partial charge in [-0.1, -0.05) is 11.6 Å². The second-order valence-electron chi connectivity index (χ2n) is 3.77. The molecular weight excluding hydrogens is 244 g/mol. The third-order valence-corrected chi connectivity index (χ3v) is 2.74. The van der Waals surface area contributed by atoms with Gasteiger partial charge in [-0.2, -0.15) is 0 Å². The molecule has 17 heavy (non-hydrogen) atoms. The molecule has 1 aromatic carbocycles. The van der Waals surface area contributed by atoms with Crippen LogP contribution in [0.4, 0.5) is 0 Å². The summed E-state index contributed by atoms with van der Waals surface area (Å²) >= 11 is 6.08. The molecule has 2 rings (SSSR count). The van der Waals surface area contributed by atoms with Crippen molar-refractivity contribution in [2.45, 2.75) is 13.3 Å². The molecule has 1 heterocycles. The molecule has 4 nitrogen and oxygen atoms in total. The molecule has 1 aromatic rings. The first-order valence-corrected chi connectivity index (χ1v) is 5.65. The summed E-state index contributed by atoms with van der Waals surface area (Å²) in [7, 11) is 1.51. The number of ketones is 1. The fourth-order valence-electron chi connectivity index (χ4n) is 1.83. The van der Waals surface area contributed by atoms with Gasteiger partial charge in [-0.25, -0.2) is 0 Å². The van der Waals surface area contributed by atoms with E-state index in [4.69, 9.17) is 25.8 Å². The number of carbonyl (C=O) groups excluding carboxylic acids is 1. The molecule has 0 fully saturated rings. The van der Waals surface area contributed by atoms with Gasteiger partial charge in [0.1, 0.15) is 24.7 Å². The topological polar surface area (TPSA) is 44.8 Å². The summed E-state index contributed by atoms with van der Waals surface area (Å²) < 4.78 is 16.2. The average Bonchev–Trinajstić information content (AvgIpc) is 2.28. The number of halogens is 1. The standard InChI is InChI=1S/C12H13ClO4/c1-7(14)5-8-11(15-2)9(13)6-10-12(8)17-4-3-16-10/h6H,3-5H2,1-2H3. The van der Waals surface area contributed by atoms with Crippen LogP contribution in [0.2, 0.25) is 5.02 Å². The largest absolute Gasteiger partial charge is 0.495 e. The molecule has 0 saturated carbocycles. The van der Waals surface area contributed by atoms with Crippen LogP contribution < -0.4 is 14.2 Å². The molecule has 0 amide bonds. The van der Waals surface area contributed by atoms with Crippen LogP contribution in [0.15, 0.2) is 6.07 Å². The van der Waals surface area contributed by atoms with Gasteiger partial charge >= 0.3 is 0 Å². The molecule has 0 radical (unpaired) electrons. The maximum atomic E-state index is 11.3. The van der Waals surface area contributed by atoms with Gasteiger partial charge in [0.2, 0.25) is 0 Å². The highest BCUT2D eigenvalue weighted by atomic mass is 35.5. The van der Waals surface area contributed by atoms with E-state index in [0.717, 1.165) is 0 Å². The monoisotopic (exact) mass is 256 g/mol. The van der Waals surface area contributed by atoms with Crippen LogP contribution in [-0.4, -0.2) is 26.1 Å². The average molecular weight is 257 g/mol. The van der Waals surface area contributed by atoms with Gasteiger partial charge in [0.25, 0.3) is 0 Å². The van der Waals surface area contributed by atoms with Crippen LogP contribution in [0, 0.1) is 0 Å². The predicted molar refractivity (Wildman–Crippen MR) is 63.4 cm³/mol. The maximum Gasteiger partial charge on any atom is 0.168 e. The lowest BCUT2D eigenvalue weighted by atomic mass is 10.1. The second kappa shape index (κ2) is 4.84. The van der Waals surface area contributed by atoms with Gasteiger partial charge in [-0.05, 0) is 6.92 Å². The van der Waals surface area contributed by atoms with Crippen molar-refractivity contribution in [1.82, 2.24) is 0 Å². The minimum atomic E-state index is 0.0157. The van der Waals surface area contributed by atoms with E-state index < -0.39 is 0 Å². The van der Waals surface area contributed by atoms with Gasteiger partial charge in [0.15, 0.2) is 11.5 Å². The van der Waals surface area contributed by atoms with Gasteiger partial charge in [-0.15, -0.1) is 0 Å². The van der Waals surface area contributed by atoms with Crippen LogP contribution in [-0.2, 0) is 11.2 Å². The van der Waals surface area contributed by atoms with E-state index in [0.29, 0.717) is 41.0 Å². The van der Waals surface area contributed by atoms with Crippen molar-refractivity contribution in [3.8, 4) is 17.2 Å². The Morgan fingerprint density at radius 1 is 1.47 bits per heavy atom. The smallest absolute Gasteiger partial charge is 0.168 e. The van der Waals surface area contributed by atoms with E-state index in [1.807, 2.05) is 0 Å². The zero-order valence-electron chi connectivity index (χ0n) is 9.71. The molecule has 0 unspecified atom stereocenters. The molecule has 0 aromatic heterocycles. The number of methoxy groups -OCH3 is 1. The maximum absolute atomic E-state index is 11.3. The second-order valence-corrected chi connectivity index (χ2v) is 4.18. The summed E-state index contributed by atoms with van der Waals surface area (Å²) in [6, 6.07) is 1.65. The van der Waals surface area contributed by atoms with Gasteiger partial charge in [0, 0.05) is 18.1 Å². The molecule has 0 atom stereocenters. The Morgan fingerprint density at radius 3 is 2.82 bits per heavy atom. The van der Waals surface area contributed by atoms with Crippen LogP contribution in [0.1, 0.15) is 12.5 Å². The lowest BCUT2D eigenvalue weighted by Gasteiger charge is -2.23. The molecule has 0 saturated heterocycles. The van der Waals surface area contributed by atoms with E-state index >= 15 is 0 Å². The zero-order valence-corrected chi connectivity index (χ0v) is 10.5. The van der Waals surface area contributed by atoms with Crippen molar-refractivity contribution in [2.75, 3.05) is 20.3 Å². The van der Waals surface area contributed by atoms with E-state index in [2.05, 4.69) is 0 Å². The number of rotatable bonds is 3. The summed E-state index contributed by atoms with van der Waals surface area (Å²) in [6.07, 6.45) is 0.218. The number of Topliss-reactive ketones (excluding diaryl/α,β-unsaturated/α-hetero) is 1. The third-order valence-electron chi connectivity index (χ3n) is 2.46. The first kappa shape index (κ1) is 12.0. The number of fused-ring (bicyclic) bond motifs is 1. The van der Waals surface area contributed by atoms with Crippen molar-refractivity contribution in [3.63, 3.8) is 0 Å². The molecular formula is C12H13ClO4. The van der Waals surface area contributed by atoms with E-state index in [1.54, 1.807) is 6.07 Å². The van der Waals surface area contributed by atoms with Crippen molar-refractivity contribution in [3.05, 3.63) is 16.7 Å². The first-order chi connectivity index (χ1) is 8.13. The Bertz CT molecular complexity index is 456. The fourth-order valence-corrected chi connectivity index (χ4v) is 2.12. The highest BCUT2D eigenvalue weighted by Crippen LogP contribution is 2.44. The number of hydrogen-bond acceptors (Lipinski definition) is 4. The number of hydrogen-bond donors (Lipinski definition) is 0. The Balaban J connectivity index is 2.56. The highest BCUT2D eigenvalue weighted by molar-refractivity contribution is 6.32. The fraction of sp³-hybridized carbons (Fsp3) is 0.417. The lowest BCUT2D eigenvalue weighted by Crippen LogP contribution is -2.17. The van der Waals surface area contributed by atoms with Crippen molar-refractivity contribution in [2.24, 2.45) is 0 Å². The first-order valence-electron chi connectivity index (χ1n) is 5.28. The Labute approximate surface area is 104 Å². The Hall–Kier alpha value is -1.42. The van der Waals surface area contributed by atoms with E-state index in [-0.39, 0.29) is 12.2 Å². The highest BCUT2D eigenvalue weighted by Gasteiger charge is 2.23. The van der Waals surface area contributed by atoms with Crippen LogP contribution in [0.5, 0.6) is 17.2 Å². The van der Waals surface area contributed by atoms with Gasteiger partial charge in [0.05, 0.1) is 12.1 Å². The quantitative estimate of drug-likeness (QED) is 0.832. The summed E-state index contributed by atoms with van der Waals surface area (Å²) in [6.45, 7) is 2.45. The van der Waals surface area contributed by atoms with Crippen LogP contribution >= 0.6 is 11.6 Å². The van der Waals surface area contributed by atoms with Gasteiger partial charge < -0.3 is 14.2 Å². The normalized spacial score (nSPS) is 13.4. The predicted octanol–water partition coefficient (Wildman–Crippen LogP) is 2.25. The Kier molecular flexibility index (Phi) is 3.43. The van der Waals surface area contributed by atoms with Crippen LogP contribution in [0.3, 0.4) is 0 Å². The third kappa shape index (κ3) is 2.31. The molecule has 1 aliphatic rings. The number of ether oxygens (including phenoxy) is 3. The van der Waals surface area contributed by atoms with Gasteiger partial charge in [-0.3, -0.25) is 4.79 Å². The summed E-state index contributed by atoms with van der Waals surface area (Å²) in [5, 5.41) is 0.424. The molecule has 0 spiro atoms. The summed E-state index contributed by atoms with van der Waals surface area (Å²) in [5.74, 6) is 1.62. The molecule has 0 bridgehead atoms. The van der Waals surface area contributed by atoms with Crippen molar-refractivity contribution in [1.29, 1.82) is 0 Å². The number of carbonyl (C=O) groups is 1. The molecule has 5 heteroatoms. The molecule has 92 valence electrons. The summed E-state index contributed by atoms with van der Waals surface area (Å²) in [4.78, 5) is 11.3. The molecule has 0 N–H and O–H groups in total. The minimum absolute atomic E-state index is 0.0157. The summed E-state index contributed by atoms with van der Waals surface area (Å²) in [5.41, 5.74) is 0.655. The van der Waals surface area contributed by atoms with E-state index in [1.165, 1.54) is 14.0 Å².